The van der Waals surface area contributed by atoms with Gasteiger partial charge in [-0.1, -0.05) is 0 Å². The smallest absolute Gasteiger partial charge is 0.150 e. The van der Waals surface area contributed by atoms with E-state index in [2.05, 4.69) is 5.32 Å². The lowest BCUT2D eigenvalue weighted by Gasteiger charge is -2.43. The summed E-state index contributed by atoms with van der Waals surface area (Å²) in [5.74, 6) is 1.03. The van der Waals surface area contributed by atoms with E-state index in [0.717, 1.165) is 58.5 Å². The molecule has 3 aliphatic rings. The molecule has 3 rings (SSSR count). The number of hydrogen-bond acceptors (Lipinski definition) is 5. The maximum atomic E-state index is 11.5. The third kappa shape index (κ3) is 3.53. The Morgan fingerprint density at radius 3 is 2.65 bits per heavy atom. The molecule has 0 amide bonds. The molecule has 3 fully saturated rings. The second-order valence-corrected chi connectivity index (χ2v) is 8.74. The first kappa shape index (κ1) is 14.8. The van der Waals surface area contributed by atoms with Crippen LogP contribution in [-0.4, -0.2) is 57.9 Å². The highest BCUT2D eigenvalue weighted by Gasteiger charge is 2.39. The van der Waals surface area contributed by atoms with Crippen LogP contribution >= 0.6 is 0 Å². The molecule has 0 aromatic rings. The van der Waals surface area contributed by atoms with Crippen LogP contribution in [0.2, 0.25) is 0 Å². The largest absolute Gasteiger partial charge is 0.381 e. The molecular weight excluding hydrogens is 278 g/mol. The summed E-state index contributed by atoms with van der Waals surface area (Å²) >= 11 is 0. The van der Waals surface area contributed by atoms with Crippen LogP contribution in [0.15, 0.2) is 0 Å². The average molecular weight is 303 g/mol. The van der Waals surface area contributed by atoms with Gasteiger partial charge in [0.2, 0.25) is 0 Å². The van der Waals surface area contributed by atoms with E-state index in [0.29, 0.717) is 23.5 Å². The highest BCUT2D eigenvalue weighted by Crippen LogP contribution is 2.34. The minimum Gasteiger partial charge on any atom is -0.381 e. The van der Waals surface area contributed by atoms with Crippen LogP contribution in [0.5, 0.6) is 0 Å². The van der Waals surface area contributed by atoms with Crippen LogP contribution in [0.25, 0.3) is 0 Å². The molecule has 2 atom stereocenters. The lowest BCUT2D eigenvalue weighted by molar-refractivity contribution is -0.140. The van der Waals surface area contributed by atoms with Gasteiger partial charge < -0.3 is 14.8 Å². The Morgan fingerprint density at radius 2 is 1.95 bits per heavy atom. The fourth-order valence-corrected chi connectivity index (χ4v) is 5.52. The van der Waals surface area contributed by atoms with E-state index in [1.165, 1.54) is 0 Å². The summed E-state index contributed by atoms with van der Waals surface area (Å²) in [4.78, 5) is 0. The van der Waals surface area contributed by atoms with Gasteiger partial charge in [0.25, 0.3) is 0 Å². The van der Waals surface area contributed by atoms with Crippen molar-refractivity contribution in [1.82, 2.24) is 5.32 Å². The number of ether oxygens (including phenoxy) is 2. The van der Waals surface area contributed by atoms with Crippen molar-refractivity contribution in [1.29, 1.82) is 0 Å². The van der Waals surface area contributed by atoms with E-state index in [-0.39, 0.29) is 5.60 Å². The zero-order chi connectivity index (χ0) is 14.1. The monoisotopic (exact) mass is 303 g/mol. The van der Waals surface area contributed by atoms with Crippen molar-refractivity contribution >= 4 is 9.84 Å². The predicted octanol–water partition coefficient (Wildman–Crippen LogP) is 0.739. The maximum absolute atomic E-state index is 11.5. The second kappa shape index (κ2) is 5.91. The van der Waals surface area contributed by atoms with E-state index >= 15 is 0 Å². The minimum absolute atomic E-state index is 0.00984. The molecule has 116 valence electrons. The Labute approximate surface area is 121 Å². The van der Waals surface area contributed by atoms with Crippen molar-refractivity contribution in [3.63, 3.8) is 0 Å². The van der Waals surface area contributed by atoms with Crippen molar-refractivity contribution < 1.29 is 17.9 Å². The van der Waals surface area contributed by atoms with Gasteiger partial charge in [-0.3, -0.25) is 0 Å². The first-order valence-electron chi connectivity index (χ1n) is 7.72. The van der Waals surface area contributed by atoms with Crippen molar-refractivity contribution in [3.05, 3.63) is 0 Å². The molecule has 5 nitrogen and oxygen atoms in total. The van der Waals surface area contributed by atoms with E-state index in [1.54, 1.807) is 0 Å². The standard InChI is InChI=1S/C14H25NO4S/c16-20(17)8-2-12(11-20)10-15-13-1-5-19-14(9-13)3-6-18-7-4-14/h12-13,15H,1-11H2. The van der Waals surface area contributed by atoms with E-state index in [4.69, 9.17) is 9.47 Å². The molecule has 3 heterocycles. The van der Waals surface area contributed by atoms with E-state index in [9.17, 15) is 8.42 Å². The molecule has 1 spiro atoms. The Morgan fingerprint density at radius 1 is 1.15 bits per heavy atom. The van der Waals surface area contributed by atoms with Crippen LogP contribution in [0.1, 0.15) is 32.1 Å². The summed E-state index contributed by atoms with van der Waals surface area (Å²) in [7, 11) is -2.76. The number of sulfone groups is 1. The SMILES string of the molecule is O=S1(=O)CCC(CNC2CCOC3(CCOCC3)C2)C1. The fraction of sp³-hybridized carbons (Fsp3) is 1.00. The number of hydrogen-bond donors (Lipinski definition) is 1. The molecule has 0 aromatic carbocycles. The van der Waals surface area contributed by atoms with Gasteiger partial charge in [-0.05, 0) is 44.6 Å². The molecule has 1 N–H and O–H groups in total. The third-order valence-corrected chi connectivity index (χ3v) is 6.76. The van der Waals surface area contributed by atoms with Gasteiger partial charge in [0.15, 0.2) is 9.84 Å². The molecule has 0 bridgehead atoms. The van der Waals surface area contributed by atoms with Crippen LogP contribution in [0.3, 0.4) is 0 Å². The summed E-state index contributed by atoms with van der Waals surface area (Å²) < 4.78 is 34.4. The van der Waals surface area contributed by atoms with Crippen LogP contribution in [-0.2, 0) is 19.3 Å². The average Bonchev–Trinajstić information content (AvgIpc) is 2.77. The second-order valence-electron chi connectivity index (χ2n) is 6.51. The topological polar surface area (TPSA) is 64.6 Å². The molecule has 3 aliphatic heterocycles. The fourth-order valence-electron chi connectivity index (χ4n) is 3.66. The van der Waals surface area contributed by atoms with Gasteiger partial charge in [-0.2, -0.15) is 0 Å². The van der Waals surface area contributed by atoms with Gasteiger partial charge in [0.1, 0.15) is 0 Å². The van der Waals surface area contributed by atoms with Gasteiger partial charge in [0, 0.05) is 25.9 Å². The van der Waals surface area contributed by atoms with Crippen molar-refractivity contribution in [3.8, 4) is 0 Å². The predicted molar refractivity (Wildman–Crippen MR) is 76.5 cm³/mol. The quantitative estimate of drug-likeness (QED) is 0.833. The molecule has 0 saturated carbocycles. The summed E-state index contributed by atoms with van der Waals surface area (Å²) in [6.45, 7) is 3.23. The molecule has 0 aliphatic carbocycles. The molecule has 2 unspecified atom stereocenters. The van der Waals surface area contributed by atoms with Gasteiger partial charge >= 0.3 is 0 Å². The molecular formula is C14H25NO4S. The molecule has 20 heavy (non-hydrogen) atoms. The van der Waals surface area contributed by atoms with E-state index < -0.39 is 9.84 Å². The molecule has 0 radical (unpaired) electrons. The Kier molecular flexibility index (Phi) is 4.36. The maximum Gasteiger partial charge on any atom is 0.150 e. The summed E-state index contributed by atoms with van der Waals surface area (Å²) in [5.41, 5.74) is 0.00984. The normalized spacial score (nSPS) is 36.2. The minimum atomic E-state index is -2.76. The highest BCUT2D eigenvalue weighted by molar-refractivity contribution is 7.91. The lowest BCUT2D eigenvalue weighted by atomic mass is 9.84. The van der Waals surface area contributed by atoms with Gasteiger partial charge in [-0.15, -0.1) is 0 Å². The summed E-state index contributed by atoms with van der Waals surface area (Å²) in [5, 5.41) is 3.59. The van der Waals surface area contributed by atoms with Crippen LogP contribution in [0.4, 0.5) is 0 Å². The van der Waals surface area contributed by atoms with E-state index in [1.807, 2.05) is 0 Å². The highest BCUT2D eigenvalue weighted by atomic mass is 32.2. The first-order valence-corrected chi connectivity index (χ1v) is 9.55. The molecule has 3 saturated heterocycles. The Hall–Kier alpha value is -0.170. The van der Waals surface area contributed by atoms with Gasteiger partial charge in [-0.25, -0.2) is 8.42 Å². The van der Waals surface area contributed by atoms with Crippen molar-refractivity contribution in [2.24, 2.45) is 5.92 Å². The van der Waals surface area contributed by atoms with Crippen LogP contribution < -0.4 is 5.32 Å². The number of nitrogens with one attached hydrogen (secondary N) is 1. The third-order valence-electron chi connectivity index (χ3n) is 4.92. The van der Waals surface area contributed by atoms with Crippen LogP contribution in [0, 0.1) is 5.92 Å². The lowest BCUT2D eigenvalue weighted by Crippen LogP contribution is -2.50. The van der Waals surface area contributed by atoms with Gasteiger partial charge in [0.05, 0.1) is 17.1 Å². The number of rotatable bonds is 3. The zero-order valence-corrected chi connectivity index (χ0v) is 12.8. The Balaban J connectivity index is 1.48. The van der Waals surface area contributed by atoms with Crippen molar-refractivity contribution in [2.75, 3.05) is 37.9 Å². The molecule has 0 aromatic heterocycles. The zero-order valence-electron chi connectivity index (χ0n) is 12.0. The Bertz CT molecular complexity index is 425. The van der Waals surface area contributed by atoms with Crippen molar-refractivity contribution in [2.45, 2.75) is 43.7 Å². The summed E-state index contributed by atoms with van der Waals surface area (Å²) in [6.07, 6.45) is 4.86. The summed E-state index contributed by atoms with van der Waals surface area (Å²) in [6, 6.07) is 0.463. The molecule has 6 heteroatoms. The first-order chi connectivity index (χ1) is 9.57.